The van der Waals surface area contributed by atoms with Crippen molar-refractivity contribution < 1.29 is 57.8 Å². The quantitative estimate of drug-likeness (QED) is 0.143. The fraction of sp³-hybridized carbons (Fsp3) is 0.716. The molecular formula is C67H112BrN11O12. The van der Waals surface area contributed by atoms with E-state index in [-0.39, 0.29) is 62.2 Å². The van der Waals surface area contributed by atoms with E-state index in [0.29, 0.717) is 0 Å². The van der Waals surface area contributed by atoms with Crippen LogP contribution in [-0.2, 0) is 52.7 Å². The van der Waals surface area contributed by atoms with E-state index in [1.165, 1.54) is 87.7 Å². The molecule has 23 nitrogen and oxygen atoms in total. The van der Waals surface area contributed by atoms with Crippen molar-refractivity contribution in [1.29, 1.82) is 0 Å². The summed E-state index contributed by atoms with van der Waals surface area (Å²) in [6.07, 6.45) is 2.96. The molecule has 1 heterocycles. The normalized spacial score (nSPS) is 25.9. The number of nitrogens with zero attached hydrogens (tertiary/aromatic N) is 7. The van der Waals surface area contributed by atoms with E-state index >= 15 is 19.2 Å². The number of rotatable bonds is 16. The maximum absolute atomic E-state index is 15.3. The minimum Gasteiger partial charge on any atom is -0.390 e. The SMILES string of the molecule is CC[C@@H]1NC(=O)[C@H]([C@H](O)[C@H](C)C/C=C/c2cccc(Br)c2)N(C)C(=O)[C@H](C(C)C)N(C)C(=O)[C@H](CC(C)C)N(C)C(=O)[C@H](CC(C)C)N(C)C(=O)[C@@H](C)NC(=O)[C@H](C)NC(=O)[C@H](CC(C)C)N(C)C(=O)[C@H](C(C)C)NC(=O)[C@H](CC(C)C)N(C)C(=O)CN(C)C1=O. The van der Waals surface area contributed by atoms with E-state index in [9.17, 15) is 38.7 Å². The van der Waals surface area contributed by atoms with Crippen LogP contribution in [-0.4, -0.2) is 227 Å². The lowest BCUT2D eigenvalue weighted by atomic mass is 9.91. The van der Waals surface area contributed by atoms with Crippen LogP contribution in [0.1, 0.15) is 155 Å². The molecule has 2 rings (SSSR count). The number of benzene rings is 1. The van der Waals surface area contributed by atoms with E-state index in [4.69, 9.17) is 0 Å². The summed E-state index contributed by atoms with van der Waals surface area (Å²) in [5.74, 6) is -9.94. The summed E-state index contributed by atoms with van der Waals surface area (Å²) < 4.78 is 0.854. The van der Waals surface area contributed by atoms with Gasteiger partial charge < -0.3 is 60.7 Å². The number of amides is 11. The summed E-state index contributed by atoms with van der Waals surface area (Å²) in [5, 5.41) is 23.4. The van der Waals surface area contributed by atoms with E-state index in [2.05, 4.69) is 37.2 Å². The highest BCUT2D eigenvalue weighted by Crippen LogP contribution is 2.26. The third-order valence-electron chi connectivity index (χ3n) is 17.0. The molecule has 1 aromatic carbocycles. The van der Waals surface area contributed by atoms with E-state index in [1.807, 2.05) is 91.8 Å². The third kappa shape index (κ3) is 23.0. The summed E-state index contributed by atoms with van der Waals surface area (Å²) in [7, 11) is 9.92. The predicted molar refractivity (Wildman–Crippen MR) is 357 cm³/mol. The van der Waals surface area contributed by atoms with Crippen molar-refractivity contribution in [3.05, 3.63) is 40.4 Å². The first-order chi connectivity index (χ1) is 42.1. The minimum absolute atomic E-state index is 0.00581. The molecule has 0 aliphatic carbocycles. The number of hydrogen-bond donors (Lipinski definition) is 5. The van der Waals surface area contributed by atoms with Crippen molar-refractivity contribution >= 4 is 87.0 Å². The molecule has 0 unspecified atom stereocenters. The van der Waals surface area contributed by atoms with Gasteiger partial charge in [-0.3, -0.25) is 52.7 Å². The zero-order chi connectivity index (χ0) is 70.0. The first-order valence-corrected chi connectivity index (χ1v) is 33.1. The highest BCUT2D eigenvalue weighted by atomic mass is 79.9. The highest BCUT2D eigenvalue weighted by Gasteiger charge is 2.46. The van der Waals surface area contributed by atoms with Crippen LogP contribution in [0.3, 0.4) is 0 Å². The molecule has 0 aromatic heterocycles. The van der Waals surface area contributed by atoms with Crippen molar-refractivity contribution in [2.24, 2.45) is 41.4 Å². The van der Waals surface area contributed by atoms with Crippen molar-refractivity contribution in [3.63, 3.8) is 0 Å². The van der Waals surface area contributed by atoms with Gasteiger partial charge in [0.05, 0.1) is 12.6 Å². The molecule has 1 aromatic rings. The average molecular weight is 1340 g/mol. The maximum atomic E-state index is 15.3. The van der Waals surface area contributed by atoms with Gasteiger partial charge in [0.25, 0.3) is 0 Å². The van der Waals surface area contributed by atoms with Crippen molar-refractivity contribution in [2.75, 3.05) is 55.9 Å². The monoisotopic (exact) mass is 1340 g/mol. The molecule has 0 bridgehead atoms. The Hall–Kier alpha value is -6.43. The number of carbonyl (C=O) groups excluding carboxylic acids is 11. The lowest BCUT2D eigenvalue weighted by molar-refractivity contribution is -0.157. The Balaban J connectivity index is 2.99. The van der Waals surface area contributed by atoms with Crippen LogP contribution in [0.5, 0.6) is 0 Å². The third-order valence-corrected chi connectivity index (χ3v) is 17.5. The Morgan fingerprint density at radius 1 is 0.505 bits per heavy atom. The number of aliphatic hydroxyl groups excluding tert-OH is 1. The summed E-state index contributed by atoms with van der Waals surface area (Å²) in [4.78, 5) is 170. The molecule has 1 aliphatic rings. The van der Waals surface area contributed by atoms with Crippen molar-refractivity contribution in [3.8, 4) is 0 Å². The number of likely N-dealkylation sites (N-methyl/N-ethyl adjacent to an activating group) is 7. The van der Waals surface area contributed by atoms with E-state index in [1.54, 1.807) is 41.5 Å². The van der Waals surface area contributed by atoms with Crippen LogP contribution in [0.15, 0.2) is 34.8 Å². The molecule has 5 N–H and O–H groups in total. The van der Waals surface area contributed by atoms with Crippen LogP contribution in [0.25, 0.3) is 6.08 Å². The van der Waals surface area contributed by atoms with Gasteiger partial charge in [-0.15, -0.1) is 0 Å². The molecule has 0 spiro atoms. The van der Waals surface area contributed by atoms with Crippen molar-refractivity contribution in [1.82, 2.24) is 55.6 Å². The summed E-state index contributed by atoms with van der Waals surface area (Å²) in [5.41, 5.74) is 0.865. The average Bonchev–Trinajstić information content (AvgIpc) is 0.888. The molecule has 91 heavy (non-hydrogen) atoms. The number of carbonyl (C=O) groups is 11. The van der Waals surface area contributed by atoms with Gasteiger partial charge in [-0.25, -0.2) is 0 Å². The largest absolute Gasteiger partial charge is 0.390 e. The Bertz CT molecular complexity index is 2700. The molecule has 1 aliphatic heterocycles. The zero-order valence-corrected chi connectivity index (χ0v) is 60.3. The van der Waals surface area contributed by atoms with Crippen LogP contribution >= 0.6 is 15.9 Å². The van der Waals surface area contributed by atoms with Gasteiger partial charge in [0.15, 0.2) is 0 Å². The van der Waals surface area contributed by atoms with E-state index in [0.717, 1.165) is 19.8 Å². The molecule has 0 saturated carbocycles. The number of nitrogens with one attached hydrogen (secondary N) is 4. The first kappa shape index (κ1) is 80.7. The number of hydrogen-bond acceptors (Lipinski definition) is 12. The fourth-order valence-corrected chi connectivity index (χ4v) is 11.8. The lowest BCUT2D eigenvalue weighted by Gasteiger charge is -2.41. The summed E-state index contributed by atoms with van der Waals surface area (Å²) in [6.45, 7) is 27.5. The fourth-order valence-electron chi connectivity index (χ4n) is 11.4. The summed E-state index contributed by atoms with van der Waals surface area (Å²) >= 11 is 3.49. The lowest BCUT2D eigenvalue weighted by Crippen LogP contribution is -2.63. The smallest absolute Gasteiger partial charge is 0.246 e. The second kappa shape index (κ2) is 36.7. The van der Waals surface area contributed by atoms with Gasteiger partial charge in [-0.05, 0) is 111 Å². The molecule has 0 radical (unpaired) electrons. The Kier molecular flexibility index (Phi) is 32.5. The summed E-state index contributed by atoms with van der Waals surface area (Å²) in [6, 6.07) is -4.94. The van der Waals surface area contributed by atoms with Gasteiger partial charge in [-0.2, -0.15) is 0 Å². The first-order valence-electron chi connectivity index (χ1n) is 32.3. The molecule has 1 fully saturated rings. The Morgan fingerprint density at radius 3 is 1.44 bits per heavy atom. The molecular weight excluding hydrogens is 1230 g/mol. The Labute approximate surface area is 551 Å². The van der Waals surface area contributed by atoms with Crippen LogP contribution in [0, 0.1) is 41.4 Å². The van der Waals surface area contributed by atoms with Gasteiger partial charge >= 0.3 is 0 Å². The topological polar surface area (TPSA) is 279 Å². The van der Waals surface area contributed by atoms with Crippen LogP contribution < -0.4 is 21.3 Å². The standard InChI is InChI=1S/C67H112BrN11O12/c1-24-48-63(87)73(17)36-53(80)74(18)49(31-37(2)3)60(84)72-54(41(10)11)66(90)75(19)50(32-38(4)5)59(83)69-44(15)58(82)70-45(16)62(86)76(20)51(33-39(6)7)64(88)77(21)52(34-40(8)9)65(89)78(22)55(42(12)13)67(91)79(23)56(61(85)71-48)57(81)43(14)27-25-28-46-29-26-30-47(68)35-46/h25-26,28-30,35,37-45,48-52,54-57,81H,24,27,31-34,36H2,1-23H3,(H,69,83)(H,70,82)(H,71,85)(H,72,84)/b28-25+/t43-,44+,45-,48+,49+,50+,51+,52+,54+,55+,56+,57-/m1/s1. The molecule has 1 saturated heterocycles. The molecule has 11 amide bonds. The minimum atomic E-state index is -1.66. The maximum Gasteiger partial charge on any atom is 0.246 e. The van der Waals surface area contributed by atoms with Gasteiger partial charge in [-0.1, -0.05) is 137 Å². The van der Waals surface area contributed by atoms with Crippen molar-refractivity contribution in [2.45, 2.75) is 216 Å². The molecule has 514 valence electrons. The van der Waals surface area contributed by atoms with Gasteiger partial charge in [0.2, 0.25) is 65.0 Å². The predicted octanol–water partition coefficient (Wildman–Crippen LogP) is 5.17. The zero-order valence-electron chi connectivity index (χ0n) is 58.8. The van der Waals surface area contributed by atoms with Gasteiger partial charge in [0, 0.05) is 53.8 Å². The highest BCUT2D eigenvalue weighted by molar-refractivity contribution is 9.10. The van der Waals surface area contributed by atoms with E-state index < -0.39 is 156 Å². The second-order valence-corrected chi connectivity index (χ2v) is 28.4. The Morgan fingerprint density at radius 2 is 0.956 bits per heavy atom. The second-order valence-electron chi connectivity index (χ2n) is 27.5. The van der Waals surface area contributed by atoms with Crippen LogP contribution in [0.4, 0.5) is 0 Å². The number of halogens is 1. The number of allylic oxidation sites excluding steroid dienone is 1. The van der Waals surface area contributed by atoms with Gasteiger partial charge in [0.1, 0.15) is 60.4 Å². The van der Waals surface area contributed by atoms with Crippen LogP contribution in [0.2, 0.25) is 0 Å². The number of aliphatic hydroxyl groups is 1. The molecule has 12 atom stereocenters. The molecule has 24 heteroatoms.